The van der Waals surface area contributed by atoms with Gasteiger partial charge < -0.3 is 5.32 Å². The molecule has 0 saturated carbocycles. The summed E-state index contributed by atoms with van der Waals surface area (Å²) in [4.78, 5) is 12.4. The van der Waals surface area contributed by atoms with Crippen molar-refractivity contribution in [2.75, 3.05) is 6.54 Å². The van der Waals surface area contributed by atoms with Gasteiger partial charge in [0.1, 0.15) is 0 Å². The monoisotopic (exact) mass is 297 g/mol. The number of carbonyl (C=O) groups excluding carboxylic acids is 1. The van der Waals surface area contributed by atoms with Crippen LogP contribution in [0.5, 0.6) is 0 Å². The zero-order chi connectivity index (χ0) is 15.7. The van der Waals surface area contributed by atoms with Crippen LogP contribution in [0.1, 0.15) is 39.3 Å². The minimum atomic E-state index is 0.186. The molecule has 0 fully saturated rings. The van der Waals surface area contributed by atoms with Crippen molar-refractivity contribution in [1.29, 1.82) is 0 Å². The highest BCUT2D eigenvalue weighted by Gasteiger charge is 2.21. The predicted molar refractivity (Wildman–Crippen MR) is 87.3 cm³/mol. The number of fused-ring (bicyclic) bond motifs is 1. The van der Waals surface area contributed by atoms with Gasteiger partial charge in [-0.1, -0.05) is 24.3 Å². The molecule has 1 aliphatic rings. The Hall–Kier alpha value is -1.94. The third-order valence-corrected chi connectivity index (χ3v) is 4.62. The normalized spacial score (nSPS) is 14.3. The van der Waals surface area contributed by atoms with Crippen LogP contribution < -0.4 is 5.32 Å². The molecule has 0 atom stereocenters. The van der Waals surface area contributed by atoms with Crippen molar-refractivity contribution in [3.05, 3.63) is 52.3 Å². The van der Waals surface area contributed by atoms with Crippen LogP contribution in [0.15, 0.2) is 24.3 Å². The van der Waals surface area contributed by atoms with E-state index in [0.717, 1.165) is 36.3 Å². The van der Waals surface area contributed by atoms with E-state index in [9.17, 15) is 4.79 Å². The van der Waals surface area contributed by atoms with E-state index in [1.807, 2.05) is 20.9 Å². The van der Waals surface area contributed by atoms with E-state index in [1.165, 1.54) is 11.1 Å². The Labute approximate surface area is 131 Å². The SMILES string of the molecule is Cc1nn(C)c(C)c1C(=O)CCNC1Cc2ccccc2C1. The molecule has 3 rings (SSSR count). The number of nitrogens with one attached hydrogen (secondary N) is 1. The molecule has 1 N–H and O–H groups in total. The second-order valence-corrected chi connectivity index (χ2v) is 6.17. The van der Waals surface area contributed by atoms with Gasteiger partial charge in [0.25, 0.3) is 0 Å². The van der Waals surface area contributed by atoms with Gasteiger partial charge in [-0.15, -0.1) is 0 Å². The summed E-state index contributed by atoms with van der Waals surface area (Å²) < 4.78 is 1.78. The number of Topliss-reactive ketones (excluding diaryl/α,β-unsaturated/α-hetero) is 1. The number of hydrogen-bond donors (Lipinski definition) is 1. The molecule has 1 heterocycles. The van der Waals surface area contributed by atoms with Gasteiger partial charge in [-0.2, -0.15) is 5.10 Å². The summed E-state index contributed by atoms with van der Waals surface area (Å²) in [6.07, 6.45) is 2.66. The highest BCUT2D eigenvalue weighted by Crippen LogP contribution is 2.21. The largest absolute Gasteiger partial charge is 0.313 e. The van der Waals surface area contributed by atoms with Gasteiger partial charge in [0, 0.05) is 31.7 Å². The molecule has 4 nitrogen and oxygen atoms in total. The highest BCUT2D eigenvalue weighted by molar-refractivity contribution is 5.98. The van der Waals surface area contributed by atoms with Gasteiger partial charge in [0.2, 0.25) is 0 Å². The third kappa shape index (κ3) is 2.83. The molecule has 2 aromatic rings. The predicted octanol–water partition coefficient (Wildman–Crippen LogP) is 2.37. The van der Waals surface area contributed by atoms with Crippen LogP contribution in [0.2, 0.25) is 0 Å². The first-order valence-electron chi connectivity index (χ1n) is 7.90. The Morgan fingerprint density at radius 2 is 1.91 bits per heavy atom. The Morgan fingerprint density at radius 1 is 1.27 bits per heavy atom. The minimum Gasteiger partial charge on any atom is -0.313 e. The number of rotatable bonds is 5. The van der Waals surface area contributed by atoms with Gasteiger partial charge in [0.05, 0.1) is 11.3 Å². The molecule has 1 aromatic heterocycles. The molecule has 1 aromatic carbocycles. The molecule has 0 unspecified atom stereocenters. The standard InChI is InChI=1S/C18H23N3O/c1-12-18(13(2)21(3)20-12)17(22)8-9-19-16-10-14-6-4-5-7-15(14)11-16/h4-7,16,19H,8-11H2,1-3H3. The first-order chi connectivity index (χ1) is 10.6. The fourth-order valence-electron chi connectivity index (χ4n) is 3.40. The minimum absolute atomic E-state index is 0.186. The average molecular weight is 297 g/mol. The van der Waals surface area contributed by atoms with Crippen molar-refractivity contribution in [2.24, 2.45) is 7.05 Å². The Balaban J connectivity index is 1.53. The lowest BCUT2D eigenvalue weighted by Gasteiger charge is -2.11. The van der Waals surface area contributed by atoms with Crippen molar-refractivity contribution in [3.8, 4) is 0 Å². The molecule has 22 heavy (non-hydrogen) atoms. The molecule has 0 bridgehead atoms. The zero-order valence-electron chi connectivity index (χ0n) is 13.5. The quantitative estimate of drug-likeness (QED) is 0.862. The fraction of sp³-hybridized carbons (Fsp3) is 0.444. The van der Waals surface area contributed by atoms with E-state index in [0.29, 0.717) is 12.5 Å². The van der Waals surface area contributed by atoms with Crippen LogP contribution in [0.25, 0.3) is 0 Å². The first-order valence-corrected chi connectivity index (χ1v) is 7.90. The van der Waals surface area contributed by atoms with Gasteiger partial charge in [-0.3, -0.25) is 9.48 Å². The molecule has 0 saturated heterocycles. The molecule has 0 spiro atoms. The van der Waals surface area contributed by atoms with Gasteiger partial charge >= 0.3 is 0 Å². The van der Waals surface area contributed by atoms with Crippen LogP contribution >= 0.6 is 0 Å². The lowest BCUT2D eigenvalue weighted by atomic mass is 10.1. The number of ketones is 1. The fourth-order valence-corrected chi connectivity index (χ4v) is 3.40. The van der Waals surface area contributed by atoms with E-state index in [2.05, 4.69) is 34.7 Å². The molecule has 0 amide bonds. The van der Waals surface area contributed by atoms with Gasteiger partial charge in [-0.25, -0.2) is 0 Å². The number of benzene rings is 1. The molecule has 116 valence electrons. The molecule has 0 aliphatic heterocycles. The smallest absolute Gasteiger partial charge is 0.167 e. The van der Waals surface area contributed by atoms with Crippen molar-refractivity contribution >= 4 is 5.78 Å². The summed E-state index contributed by atoms with van der Waals surface area (Å²) in [5, 5.41) is 7.85. The summed E-state index contributed by atoms with van der Waals surface area (Å²) >= 11 is 0. The molecular weight excluding hydrogens is 274 g/mol. The van der Waals surface area contributed by atoms with Crippen molar-refractivity contribution in [3.63, 3.8) is 0 Å². The summed E-state index contributed by atoms with van der Waals surface area (Å²) in [7, 11) is 1.88. The zero-order valence-corrected chi connectivity index (χ0v) is 13.5. The summed E-state index contributed by atoms with van der Waals surface area (Å²) in [5.74, 6) is 0.186. The maximum Gasteiger partial charge on any atom is 0.167 e. The number of aryl methyl sites for hydroxylation is 2. The summed E-state index contributed by atoms with van der Waals surface area (Å²) in [5.41, 5.74) is 5.45. The van der Waals surface area contributed by atoms with Crippen LogP contribution in [-0.2, 0) is 19.9 Å². The topological polar surface area (TPSA) is 46.9 Å². The molecule has 4 heteroatoms. The maximum atomic E-state index is 12.4. The van der Waals surface area contributed by atoms with Crippen LogP contribution in [0.4, 0.5) is 0 Å². The Bertz CT molecular complexity index is 677. The van der Waals surface area contributed by atoms with Crippen molar-refractivity contribution in [2.45, 2.75) is 39.2 Å². The number of nitrogens with zero attached hydrogens (tertiary/aromatic N) is 2. The lowest BCUT2D eigenvalue weighted by molar-refractivity contribution is 0.0980. The molecular formula is C18H23N3O. The maximum absolute atomic E-state index is 12.4. The Kier molecular flexibility index (Phi) is 4.12. The molecule has 0 radical (unpaired) electrons. The highest BCUT2D eigenvalue weighted by atomic mass is 16.1. The van der Waals surface area contributed by atoms with Crippen molar-refractivity contribution in [1.82, 2.24) is 15.1 Å². The molecule has 1 aliphatic carbocycles. The average Bonchev–Trinajstić information content (AvgIpc) is 3.00. The first kappa shape index (κ1) is 15.0. The van der Waals surface area contributed by atoms with E-state index in [4.69, 9.17) is 0 Å². The lowest BCUT2D eigenvalue weighted by Crippen LogP contribution is -2.31. The number of aromatic nitrogens is 2. The van der Waals surface area contributed by atoms with E-state index in [1.54, 1.807) is 4.68 Å². The third-order valence-electron chi connectivity index (χ3n) is 4.62. The van der Waals surface area contributed by atoms with Crippen LogP contribution in [0.3, 0.4) is 0 Å². The second kappa shape index (κ2) is 6.05. The van der Waals surface area contributed by atoms with Crippen LogP contribution in [-0.4, -0.2) is 28.2 Å². The summed E-state index contributed by atoms with van der Waals surface area (Å²) in [6.45, 7) is 4.58. The van der Waals surface area contributed by atoms with E-state index >= 15 is 0 Å². The number of hydrogen-bond acceptors (Lipinski definition) is 3. The number of carbonyl (C=O) groups is 1. The summed E-state index contributed by atoms with van der Waals surface area (Å²) in [6, 6.07) is 9.05. The van der Waals surface area contributed by atoms with E-state index < -0.39 is 0 Å². The van der Waals surface area contributed by atoms with Gasteiger partial charge in [-0.05, 0) is 37.8 Å². The second-order valence-electron chi connectivity index (χ2n) is 6.17. The van der Waals surface area contributed by atoms with Gasteiger partial charge in [0.15, 0.2) is 5.78 Å². The Morgan fingerprint density at radius 3 is 2.45 bits per heavy atom. The van der Waals surface area contributed by atoms with Crippen molar-refractivity contribution < 1.29 is 4.79 Å². The van der Waals surface area contributed by atoms with E-state index in [-0.39, 0.29) is 5.78 Å². The van der Waals surface area contributed by atoms with Crippen LogP contribution in [0, 0.1) is 13.8 Å².